The van der Waals surface area contributed by atoms with E-state index in [2.05, 4.69) is 18.7 Å². The number of carbonyl (C=O) groups is 1. The van der Waals surface area contributed by atoms with Crippen molar-refractivity contribution >= 4 is 5.91 Å². The van der Waals surface area contributed by atoms with Crippen molar-refractivity contribution in [2.45, 2.75) is 26.1 Å². The van der Waals surface area contributed by atoms with Crippen LogP contribution in [0.25, 0.3) is 0 Å². The molecule has 0 unspecified atom stereocenters. The number of ether oxygens (including phenoxy) is 5. The van der Waals surface area contributed by atoms with Gasteiger partial charge in [0.2, 0.25) is 5.75 Å². The van der Waals surface area contributed by atoms with E-state index < -0.39 is 6.10 Å². The number of hydrogen-bond donors (Lipinski definition) is 1. The van der Waals surface area contributed by atoms with Crippen molar-refractivity contribution < 1.29 is 33.6 Å². The summed E-state index contributed by atoms with van der Waals surface area (Å²) in [6.07, 6.45) is -0.813. The maximum absolute atomic E-state index is 13.6. The molecule has 0 saturated carbocycles. The van der Waals surface area contributed by atoms with Crippen LogP contribution in [0.1, 0.15) is 24.2 Å². The van der Waals surface area contributed by atoms with E-state index in [4.69, 9.17) is 23.7 Å². The number of benzene rings is 2. The Bertz CT molecular complexity index is 961. The summed E-state index contributed by atoms with van der Waals surface area (Å²) in [6, 6.07) is 12.8. The van der Waals surface area contributed by atoms with Crippen molar-refractivity contribution in [3.63, 3.8) is 0 Å². The quantitative estimate of drug-likeness (QED) is 0.435. The summed E-state index contributed by atoms with van der Waals surface area (Å²) in [5, 5.41) is 10.5. The number of β-amino-alcohol motifs (C(OH)–C–C–N with tert-alkyl or cyclic N) is 1. The second kappa shape index (κ2) is 14.1. The van der Waals surface area contributed by atoms with Gasteiger partial charge >= 0.3 is 0 Å². The highest BCUT2D eigenvalue weighted by molar-refractivity contribution is 5.95. The molecule has 204 valence electrons. The fourth-order valence-corrected chi connectivity index (χ4v) is 4.43. The Hall–Kier alpha value is -3.01. The summed E-state index contributed by atoms with van der Waals surface area (Å²) in [7, 11) is 4.59. The first kappa shape index (κ1) is 28.6. The van der Waals surface area contributed by atoms with Gasteiger partial charge in [-0.2, -0.15) is 0 Å². The highest BCUT2D eigenvalue weighted by atomic mass is 16.5. The molecular formula is C28H40N2O7. The zero-order valence-electron chi connectivity index (χ0n) is 22.5. The van der Waals surface area contributed by atoms with Crippen molar-refractivity contribution in [2.75, 3.05) is 67.3 Å². The first-order valence-electron chi connectivity index (χ1n) is 12.6. The molecule has 0 aliphatic carbocycles. The summed E-state index contributed by atoms with van der Waals surface area (Å²) < 4.78 is 28.0. The van der Waals surface area contributed by atoms with Gasteiger partial charge in [-0.25, -0.2) is 0 Å². The Kier molecular flexibility index (Phi) is 10.9. The van der Waals surface area contributed by atoms with Gasteiger partial charge in [0.05, 0.1) is 34.0 Å². The summed E-state index contributed by atoms with van der Waals surface area (Å²) in [5.74, 6) is 2.17. The molecule has 1 fully saturated rings. The minimum absolute atomic E-state index is 0.134. The molecule has 1 heterocycles. The number of carbonyl (C=O) groups excluding carboxylic acids is 1. The average Bonchev–Trinajstić information content (AvgIpc) is 2.90. The van der Waals surface area contributed by atoms with Gasteiger partial charge in [0.25, 0.3) is 5.91 Å². The number of aliphatic hydroxyl groups is 1. The predicted molar refractivity (Wildman–Crippen MR) is 141 cm³/mol. The van der Waals surface area contributed by atoms with Gasteiger partial charge in [0.15, 0.2) is 11.5 Å². The van der Waals surface area contributed by atoms with E-state index in [9.17, 15) is 9.90 Å². The molecule has 1 amide bonds. The van der Waals surface area contributed by atoms with Gasteiger partial charge in [-0.1, -0.05) is 32.0 Å². The van der Waals surface area contributed by atoms with Crippen LogP contribution in [0.2, 0.25) is 0 Å². The molecule has 37 heavy (non-hydrogen) atoms. The summed E-state index contributed by atoms with van der Waals surface area (Å²) in [6.45, 7) is 7.69. The Morgan fingerprint density at radius 2 is 1.78 bits per heavy atom. The van der Waals surface area contributed by atoms with Crippen molar-refractivity contribution in [3.8, 4) is 23.0 Å². The minimum Gasteiger partial charge on any atom is -0.493 e. The average molecular weight is 517 g/mol. The van der Waals surface area contributed by atoms with Crippen LogP contribution in [0.5, 0.6) is 23.0 Å². The summed E-state index contributed by atoms with van der Waals surface area (Å²) in [5.41, 5.74) is 0.455. The van der Waals surface area contributed by atoms with Crippen LogP contribution in [-0.2, 0) is 4.74 Å². The molecule has 0 spiro atoms. The SMILES string of the molecule is COc1cc(C(=O)N(CC(C)C)C[C@@H]2CN(C[C@@H](O)COc3ccccc3)CCO2)cc(OC)c1OC. The van der Waals surface area contributed by atoms with Crippen LogP contribution in [0.15, 0.2) is 42.5 Å². The predicted octanol–water partition coefficient (Wildman–Crippen LogP) is 2.95. The maximum atomic E-state index is 13.6. The standard InChI is InChI=1S/C28H40N2O7/c1-20(2)15-30(28(32)21-13-25(33-3)27(35-5)26(14-21)34-4)18-24-17-29(11-12-36-24)16-22(31)19-37-23-9-7-6-8-10-23/h6-10,13-14,20,22,24,31H,11-12,15-19H2,1-5H3/t22-,24+/m1/s1. The highest BCUT2D eigenvalue weighted by Gasteiger charge is 2.28. The molecule has 2 atom stereocenters. The monoisotopic (exact) mass is 516 g/mol. The van der Waals surface area contributed by atoms with Crippen LogP contribution in [0.4, 0.5) is 0 Å². The molecule has 1 saturated heterocycles. The first-order valence-corrected chi connectivity index (χ1v) is 12.6. The van der Waals surface area contributed by atoms with E-state index in [-0.39, 0.29) is 24.5 Å². The maximum Gasteiger partial charge on any atom is 0.254 e. The topological polar surface area (TPSA) is 89.9 Å². The van der Waals surface area contributed by atoms with E-state index in [1.165, 1.54) is 21.3 Å². The summed E-state index contributed by atoms with van der Waals surface area (Å²) in [4.78, 5) is 17.6. The van der Waals surface area contributed by atoms with E-state index in [0.717, 1.165) is 5.75 Å². The first-order chi connectivity index (χ1) is 17.8. The summed E-state index contributed by atoms with van der Waals surface area (Å²) >= 11 is 0. The number of hydrogen-bond acceptors (Lipinski definition) is 8. The van der Waals surface area contributed by atoms with E-state index in [1.54, 1.807) is 12.1 Å². The molecule has 1 aliphatic heterocycles. The zero-order chi connectivity index (χ0) is 26.8. The Balaban J connectivity index is 1.64. The van der Waals surface area contributed by atoms with Gasteiger partial charge in [-0.3, -0.25) is 9.69 Å². The van der Waals surface area contributed by atoms with Gasteiger partial charge < -0.3 is 33.7 Å². The molecule has 9 nitrogen and oxygen atoms in total. The lowest BCUT2D eigenvalue weighted by Gasteiger charge is -2.37. The third kappa shape index (κ3) is 8.24. The van der Waals surface area contributed by atoms with E-state index in [0.29, 0.717) is 62.1 Å². The lowest BCUT2D eigenvalue weighted by atomic mass is 10.1. The van der Waals surface area contributed by atoms with E-state index in [1.807, 2.05) is 35.2 Å². The molecule has 1 N–H and O–H groups in total. The van der Waals surface area contributed by atoms with Crippen LogP contribution in [-0.4, -0.2) is 100 Å². The van der Waals surface area contributed by atoms with Crippen LogP contribution < -0.4 is 18.9 Å². The van der Waals surface area contributed by atoms with Crippen molar-refractivity contribution in [1.82, 2.24) is 9.80 Å². The molecule has 0 radical (unpaired) electrons. The fraction of sp³-hybridized carbons (Fsp3) is 0.536. The number of rotatable bonds is 13. The number of nitrogens with zero attached hydrogens (tertiary/aromatic N) is 2. The normalized spacial score (nSPS) is 16.8. The van der Waals surface area contributed by atoms with Crippen molar-refractivity contribution in [1.29, 1.82) is 0 Å². The highest BCUT2D eigenvalue weighted by Crippen LogP contribution is 2.38. The number of methoxy groups -OCH3 is 3. The third-order valence-electron chi connectivity index (χ3n) is 6.09. The third-order valence-corrected chi connectivity index (χ3v) is 6.09. The van der Waals surface area contributed by atoms with Crippen LogP contribution in [0.3, 0.4) is 0 Å². The molecule has 1 aliphatic rings. The Labute approximate surface area is 219 Å². The molecule has 2 aromatic carbocycles. The molecule has 9 heteroatoms. The van der Waals surface area contributed by atoms with Gasteiger partial charge in [0.1, 0.15) is 18.5 Å². The second-order valence-electron chi connectivity index (χ2n) is 9.55. The van der Waals surface area contributed by atoms with Crippen LogP contribution >= 0.6 is 0 Å². The van der Waals surface area contributed by atoms with Gasteiger partial charge in [-0.15, -0.1) is 0 Å². The molecule has 0 bridgehead atoms. The van der Waals surface area contributed by atoms with E-state index >= 15 is 0 Å². The number of morpholine rings is 1. The lowest BCUT2D eigenvalue weighted by Crippen LogP contribution is -2.51. The van der Waals surface area contributed by atoms with Gasteiger partial charge in [-0.05, 0) is 30.2 Å². The van der Waals surface area contributed by atoms with Crippen molar-refractivity contribution in [3.05, 3.63) is 48.0 Å². The Morgan fingerprint density at radius 3 is 2.38 bits per heavy atom. The van der Waals surface area contributed by atoms with Gasteiger partial charge in [0, 0.05) is 38.3 Å². The number of para-hydroxylation sites is 1. The fourth-order valence-electron chi connectivity index (χ4n) is 4.43. The molecular weight excluding hydrogens is 476 g/mol. The molecule has 2 aromatic rings. The molecule has 3 rings (SSSR count). The second-order valence-corrected chi connectivity index (χ2v) is 9.55. The largest absolute Gasteiger partial charge is 0.493 e. The molecule has 0 aromatic heterocycles. The smallest absolute Gasteiger partial charge is 0.254 e. The zero-order valence-corrected chi connectivity index (χ0v) is 22.5. The number of aliphatic hydroxyl groups excluding tert-OH is 1. The van der Waals surface area contributed by atoms with Crippen molar-refractivity contribution in [2.24, 2.45) is 5.92 Å². The number of amides is 1. The Morgan fingerprint density at radius 1 is 1.11 bits per heavy atom. The minimum atomic E-state index is -0.633. The lowest BCUT2D eigenvalue weighted by molar-refractivity contribution is -0.0542. The van der Waals surface area contributed by atoms with Crippen LogP contribution in [0, 0.1) is 5.92 Å².